The van der Waals surface area contributed by atoms with Gasteiger partial charge in [-0.25, -0.2) is 4.68 Å². The molecule has 2 rings (SSSR count). The molecule has 0 spiro atoms. The minimum atomic E-state index is -4.55. The number of carbonyl (C=O) groups excluding carboxylic acids is 2. The van der Waals surface area contributed by atoms with E-state index in [9.17, 15) is 27.6 Å². The van der Waals surface area contributed by atoms with E-state index < -0.39 is 40.7 Å². The topological polar surface area (TPSA) is 93.1 Å². The van der Waals surface area contributed by atoms with E-state index in [0.717, 1.165) is 22.9 Å². The smallest absolute Gasteiger partial charge is 0.355 e. The van der Waals surface area contributed by atoms with Crippen LogP contribution in [0.25, 0.3) is 5.69 Å². The third-order valence-corrected chi connectivity index (χ3v) is 3.83. The number of aryl methyl sites for hydroxylation is 1. The highest BCUT2D eigenvalue weighted by Crippen LogP contribution is 2.30. The molecular weight excluding hydrogens is 377 g/mol. The molecule has 0 bridgehead atoms. The number of carbonyl (C=O) groups is 2. The first-order valence-corrected chi connectivity index (χ1v) is 8.41. The molecule has 1 atom stereocenters. The highest BCUT2D eigenvalue weighted by Gasteiger charge is 2.30. The van der Waals surface area contributed by atoms with Crippen LogP contribution >= 0.6 is 0 Å². The Balaban J connectivity index is 2.41. The Morgan fingerprint density at radius 3 is 2.54 bits per heavy atom. The van der Waals surface area contributed by atoms with E-state index in [1.165, 1.54) is 26.0 Å². The van der Waals surface area contributed by atoms with E-state index in [4.69, 9.17) is 0 Å². The zero-order valence-electron chi connectivity index (χ0n) is 15.4. The summed E-state index contributed by atoms with van der Waals surface area (Å²) < 4.78 is 39.9. The summed E-state index contributed by atoms with van der Waals surface area (Å²) in [6, 6.07) is 4.52. The number of halogens is 3. The Labute approximate surface area is 158 Å². The Morgan fingerprint density at radius 1 is 1.25 bits per heavy atom. The van der Waals surface area contributed by atoms with Crippen molar-refractivity contribution in [3.8, 4) is 5.69 Å². The first kappa shape index (κ1) is 21.1. The molecule has 7 nitrogen and oxygen atoms in total. The van der Waals surface area contributed by atoms with Crippen LogP contribution in [0.4, 0.5) is 13.2 Å². The normalized spacial score (nSPS) is 12.4. The molecule has 2 aromatic rings. The van der Waals surface area contributed by atoms with Crippen LogP contribution in [0.3, 0.4) is 0 Å². The summed E-state index contributed by atoms with van der Waals surface area (Å²) in [6.07, 6.45) is -4.55. The van der Waals surface area contributed by atoms with Gasteiger partial charge < -0.3 is 10.6 Å². The highest BCUT2D eigenvalue weighted by atomic mass is 19.4. The van der Waals surface area contributed by atoms with Crippen LogP contribution in [-0.4, -0.2) is 34.2 Å². The monoisotopic (exact) mass is 396 g/mol. The molecule has 2 amide bonds. The molecule has 150 valence electrons. The molecule has 0 fully saturated rings. The average molecular weight is 396 g/mol. The van der Waals surface area contributed by atoms with E-state index in [2.05, 4.69) is 15.7 Å². The van der Waals surface area contributed by atoms with Crippen LogP contribution in [0.1, 0.15) is 35.6 Å². The molecule has 2 N–H and O–H groups in total. The predicted octanol–water partition coefficient (Wildman–Crippen LogP) is 1.81. The largest absolute Gasteiger partial charge is 0.416 e. The summed E-state index contributed by atoms with van der Waals surface area (Å²) in [7, 11) is 0. The number of amides is 2. The summed E-state index contributed by atoms with van der Waals surface area (Å²) >= 11 is 0. The van der Waals surface area contributed by atoms with Gasteiger partial charge in [0.05, 0.1) is 11.3 Å². The maximum atomic E-state index is 13.0. The molecular formula is C18H19F3N4O3. The summed E-state index contributed by atoms with van der Waals surface area (Å²) in [5.41, 5.74) is -1.84. The third kappa shape index (κ3) is 4.76. The van der Waals surface area contributed by atoms with Gasteiger partial charge in [-0.2, -0.15) is 18.3 Å². The summed E-state index contributed by atoms with van der Waals surface area (Å²) in [6.45, 7) is 4.99. The Kier molecular flexibility index (Phi) is 6.22. The number of alkyl halides is 3. The zero-order valence-corrected chi connectivity index (χ0v) is 15.4. The SMILES string of the molecule is CCNC(=O)[C@@H](C)NC(=O)c1nn(-c2cccc(C(F)(F)F)c2)c(C)cc1=O. The van der Waals surface area contributed by atoms with Crippen molar-refractivity contribution in [3.05, 3.63) is 57.5 Å². The van der Waals surface area contributed by atoms with Crippen LogP contribution < -0.4 is 16.1 Å². The van der Waals surface area contributed by atoms with E-state index in [-0.39, 0.29) is 11.4 Å². The molecule has 0 aliphatic carbocycles. The predicted molar refractivity (Wildman–Crippen MR) is 95.2 cm³/mol. The van der Waals surface area contributed by atoms with E-state index in [1.807, 2.05) is 0 Å². The Bertz CT molecular complexity index is 954. The quantitative estimate of drug-likeness (QED) is 0.806. The number of benzene rings is 1. The summed E-state index contributed by atoms with van der Waals surface area (Å²) in [5, 5.41) is 8.78. The standard InChI is InChI=1S/C18H19F3N4O3/c1-4-22-16(27)11(3)23-17(28)15-14(26)8-10(2)25(24-15)13-7-5-6-12(9-13)18(19,20)21/h5-9,11H,4H2,1-3H3,(H,22,27)(H,23,28)/t11-/m1/s1. The minimum Gasteiger partial charge on any atom is -0.355 e. The van der Waals surface area contributed by atoms with Crippen LogP contribution in [0.15, 0.2) is 35.1 Å². The highest BCUT2D eigenvalue weighted by molar-refractivity contribution is 5.95. The van der Waals surface area contributed by atoms with Gasteiger partial charge in [-0.05, 0) is 39.0 Å². The maximum Gasteiger partial charge on any atom is 0.416 e. The van der Waals surface area contributed by atoms with Gasteiger partial charge in [-0.3, -0.25) is 14.4 Å². The van der Waals surface area contributed by atoms with E-state index >= 15 is 0 Å². The maximum absolute atomic E-state index is 13.0. The number of likely N-dealkylation sites (N-methyl/N-ethyl adjacent to an activating group) is 1. The van der Waals surface area contributed by atoms with Gasteiger partial charge in [0.2, 0.25) is 11.3 Å². The van der Waals surface area contributed by atoms with E-state index in [0.29, 0.717) is 6.54 Å². The first-order chi connectivity index (χ1) is 13.0. The lowest BCUT2D eigenvalue weighted by Gasteiger charge is -2.15. The number of hydrogen-bond donors (Lipinski definition) is 2. The summed E-state index contributed by atoms with van der Waals surface area (Å²) in [4.78, 5) is 36.2. The summed E-state index contributed by atoms with van der Waals surface area (Å²) in [5.74, 6) is -1.34. The molecule has 0 aliphatic rings. The molecule has 10 heteroatoms. The van der Waals surface area contributed by atoms with Gasteiger partial charge in [0, 0.05) is 18.3 Å². The molecule has 0 radical (unpaired) electrons. The van der Waals surface area contributed by atoms with Crippen molar-refractivity contribution in [1.29, 1.82) is 0 Å². The van der Waals surface area contributed by atoms with Crippen molar-refractivity contribution in [3.63, 3.8) is 0 Å². The lowest BCUT2D eigenvalue weighted by atomic mass is 10.2. The molecule has 28 heavy (non-hydrogen) atoms. The van der Waals surface area contributed by atoms with Crippen molar-refractivity contribution >= 4 is 11.8 Å². The van der Waals surface area contributed by atoms with Crippen LogP contribution in [0.2, 0.25) is 0 Å². The number of hydrogen-bond acceptors (Lipinski definition) is 4. The fourth-order valence-electron chi connectivity index (χ4n) is 2.44. The van der Waals surface area contributed by atoms with Gasteiger partial charge >= 0.3 is 6.18 Å². The van der Waals surface area contributed by atoms with Crippen LogP contribution in [0, 0.1) is 6.92 Å². The Hall–Kier alpha value is -3.17. The zero-order chi connectivity index (χ0) is 21.1. The lowest BCUT2D eigenvalue weighted by Crippen LogP contribution is -2.46. The fraction of sp³-hybridized carbons (Fsp3) is 0.333. The van der Waals surface area contributed by atoms with Gasteiger partial charge in [0.1, 0.15) is 6.04 Å². The van der Waals surface area contributed by atoms with Crippen LogP contribution in [0.5, 0.6) is 0 Å². The number of nitrogens with one attached hydrogen (secondary N) is 2. The van der Waals surface area contributed by atoms with E-state index in [1.54, 1.807) is 6.92 Å². The minimum absolute atomic E-state index is 0.0400. The molecule has 0 unspecified atom stereocenters. The second kappa shape index (κ2) is 8.24. The second-order valence-electron chi connectivity index (χ2n) is 6.05. The number of rotatable bonds is 5. The Morgan fingerprint density at radius 2 is 1.93 bits per heavy atom. The van der Waals surface area contributed by atoms with Crippen molar-refractivity contribution in [2.45, 2.75) is 33.0 Å². The van der Waals surface area contributed by atoms with Crippen molar-refractivity contribution in [2.24, 2.45) is 0 Å². The molecule has 1 heterocycles. The molecule has 0 aliphatic heterocycles. The second-order valence-corrected chi connectivity index (χ2v) is 6.05. The van der Waals surface area contributed by atoms with Gasteiger partial charge in [0.15, 0.2) is 5.69 Å². The average Bonchev–Trinajstić information content (AvgIpc) is 2.61. The van der Waals surface area contributed by atoms with Crippen molar-refractivity contribution in [2.75, 3.05) is 6.54 Å². The fourth-order valence-corrected chi connectivity index (χ4v) is 2.44. The lowest BCUT2D eigenvalue weighted by molar-refractivity contribution is -0.137. The molecule has 0 saturated carbocycles. The number of nitrogens with zero attached hydrogens (tertiary/aromatic N) is 2. The molecule has 1 aromatic heterocycles. The van der Waals surface area contributed by atoms with Crippen molar-refractivity contribution < 1.29 is 22.8 Å². The van der Waals surface area contributed by atoms with Crippen molar-refractivity contribution in [1.82, 2.24) is 20.4 Å². The van der Waals surface area contributed by atoms with Gasteiger partial charge in [0.25, 0.3) is 5.91 Å². The molecule has 1 aromatic carbocycles. The van der Waals surface area contributed by atoms with Crippen LogP contribution in [-0.2, 0) is 11.0 Å². The number of aromatic nitrogens is 2. The van der Waals surface area contributed by atoms with Gasteiger partial charge in [-0.15, -0.1) is 0 Å². The van der Waals surface area contributed by atoms with Gasteiger partial charge in [-0.1, -0.05) is 6.07 Å². The first-order valence-electron chi connectivity index (χ1n) is 8.41. The third-order valence-electron chi connectivity index (χ3n) is 3.83. The molecule has 0 saturated heterocycles.